The molecule has 0 unspecified atom stereocenters. The highest BCUT2D eigenvalue weighted by Gasteiger charge is 2.37. The Hall–Kier alpha value is -5.17. The van der Waals surface area contributed by atoms with Gasteiger partial charge in [-0.2, -0.15) is 18.4 Å². The summed E-state index contributed by atoms with van der Waals surface area (Å²) >= 11 is 0. The minimum absolute atomic E-state index is 0.149. The highest BCUT2D eigenvalue weighted by atomic mass is 19.4. The zero-order chi connectivity index (χ0) is 32.5. The van der Waals surface area contributed by atoms with Crippen LogP contribution in [0.15, 0.2) is 89.5 Å². The number of carbonyl (C=O) groups excluding carboxylic acids is 1. The van der Waals surface area contributed by atoms with Gasteiger partial charge in [-0.3, -0.25) is 4.79 Å². The van der Waals surface area contributed by atoms with Crippen LogP contribution in [0.3, 0.4) is 0 Å². The number of fused-ring (bicyclic) bond motifs is 1. The SMILES string of the molecule is CC(C)c1cc(C#N)cc2nc(-c3ccc(C(=O)NCC4(c5ccccc5)CCN(c5ccc(C(F)(F)F)cn5)CC4)cc3)oc12. The lowest BCUT2D eigenvalue weighted by Gasteiger charge is -2.43. The number of amides is 1. The van der Waals surface area contributed by atoms with Crippen LogP contribution in [-0.4, -0.2) is 35.5 Å². The summed E-state index contributed by atoms with van der Waals surface area (Å²) in [5, 5.41) is 12.6. The number of hydrogen-bond acceptors (Lipinski definition) is 6. The summed E-state index contributed by atoms with van der Waals surface area (Å²) in [6.07, 6.45) is -2.19. The molecule has 0 spiro atoms. The number of benzene rings is 3. The Bertz CT molecular complexity index is 1890. The van der Waals surface area contributed by atoms with Gasteiger partial charge in [0.1, 0.15) is 11.3 Å². The summed E-state index contributed by atoms with van der Waals surface area (Å²) in [7, 11) is 0. The van der Waals surface area contributed by atoms with E-state index in [1.165, 1.54) is 6.07 Å². The van der Waals surface area contributed by atoms with E-state index >= 15 is 0 Å². The Morgan fingerprint density at radius 3 is 2.37 bits per heavy atom. The molecule has 1 aliphatic heterocycles. The number of halogens is 3. The number of hydrogen-bond donors (Lipinski definition) is 1. The van der Waals surface area contributed by atoms with Gasteiger partial charge < -0.3 is 14.6 Å². The first-order chi connectivity index (χ1) is 22.1. The molecular formula is C36H32F3N5O2. The average molecular weight is 624 g/mol. The molecule has 2 aromatic heterocycles. The molecule has 0 aliphatic carbocycles. The van der Waals surface area contributed by atoms with Crippen LogP contribution in [0.25, 0.3) is 22.6 Å². The van der Waals surface area contributed by atoms with E-state index in [9.17, 15) is 23.2 Å². The number of nitriles is 1. The van der Waals surface area contributed by atoms with Gasteiger partial charge >= 0.3 is 6.18 Å². The fourth-order valence-electron chi connectivity index (χ4n) is 6.06. The fourth-order valence-corrected chi connectivity index (χ4v) is 6.06. The summed E-state index contributed by atoms with van der Waals surface area (Å²) in [5.41, 5.74) is 3.88. The van der Waals surface area contributed by atoms with Crippen LogP contribution in [0.1, 0.15) is 65.2 Å². The Balaban J connectivity index is 1.16. The third-order valence-corrected chi connectivity index (χ3v) is 8.76. The number of anilines is 1. The van der Waals surface area contributed by atoms with Crippen molar-refractivity contribution in [1.29, 1.82) is 5.26 Å². The molecule has 0 radical (unpaired) electrons. The first-order valence-corrected chi connectivity index (χ1v) is 15.1. The number of rotatable bonds is 7. The number of aromatic nitrogens is 2. The van der Waals surface area contributed by atoms with E-state index in [0.29, 0.717) is 72.0 Å². The summed E-state index contributed by atoms with van der Waals surface area (Å²) in [4.78, 5) is 24.0. The Morgan fingerprint density at radius 2 is 1.76 bits per heavy atom. The standard InChI is InChI=1S/C36H32F3N5O2/c1-23(2)29-18-24(20-40)19-30-32(29)46-34(43-30)26-10-8-25(9-11-26)33(45)42-22-35(27-6-4-3-5-7-27)14-16-44(17-15-35)31-13-12-28(21-41-31)36(37,38)39/h3-13,18-19,21,23H,14-17,22H2,1-2H3,(H,42,45). The molecule has 0 bridgehead atoms. The maximum atomic E-state index is 13.3. The van der Waals surface area contributed by atoms with Crippen LogP contribution in [0.2, 0.25) is 0 Å². The van der Waals surface area contributed by atoms with Crippen molar-refractivity contribution in [3.8, 4) is 17.5 Å². The van der Waals surface area contributed by atoms with Gasteiger partial charge in [-0.1, -0.05) is 44.2 Å². The van der Waals surface area contributed by atoms with Crippen molar-refractivity contribution in [2.24, 2.45) is 0 Å². The second kappa shape index (κ2) is 12.3. The molecule has 46 heavy (non-hydrogen) atoms. The monoisotopic (exact) mass is 623 g/mol. The van der Waals surface area contributed by atoms with Gasteiger partial charge in [0, 0.05) is 47.9 Å². The topological polar surface area (TPSA) is 95.0 Å². The van der Waals surface area contributed by atoms with Crippen molar-refractivity contribution in [3.63, 3.8) is 0 Å². The molecule has 6 rings (SSSR count). The molecule has 7 nitrogen and oxygen atoms in total. The van der Waals surface area contributed by atoms with Gasteiger partial charge in [0.15, 0.2) is 5.58 Å². The highest BCUT2D eigenvalue weighted by molar-refractivity contribution is 5.94. The van der Waals surface area contributed by atoms with E-state index in [1.54, 1.807) is 30.3 Å². The molecule has 10 heteroatoms. The van der Waals surface area contributed by atoms with Crippen LogP contribution in [0.5, 0.6) is 0 Å². The normalized spacial score (nSPS) is 14.8. The molecule has 5 aromatic rings. The lowest BCUT2D eigenvalue weighted by atomic mass is 9.72. The van der Waals surface area contributed by atoms with Gasteiger partial charge in [-0.05, 0) is 72.9 Å². The Morgan fingerprint density at radius 1 is 1.04 bits per heavy atom. The summed E-state index contributed by atoms with van der Waals surface area (Å²) in [6.45, 7) is 5.63. The molecule has 1 aliphatic rings. The maximum Gasteiger partial charge on any atom is 0.417 e. The summed E-state index contributed by atoms with van der Waals surface area (Å²) < 4.78 is 45.2. The van der Waals surface area contributed by atoms with Crippen molar-refractivity contribution in [1.82, 2.24) is 15.3 Å². The van der Waals surface area contributed by atoms with Crippen LogP contribution in [-0.2, 0) is 11.6 Å². The van der Waals surface area contributed by atoms with Crippen molar-refractivity contribution < 1.29 is 22.4 Å². The van der Waals surface area contributed by atoms with Crippen LogP contribution in [0.4, 0.5) is 19.0 Å². The molecular weight excluding hydrogens is 591 g/mol. The molecule has 1 saturated heterocycles. The number of oxazole rings is 1. The lowest BCUT2D eigenvalue weighted by molar-refractivity contribution is -0.137. The predicted octanol–water partition coefficient (Wildman–Crippen LogP) is 7.87. The van der Waals surface area contributed by atoms with Gasteiger partial charge in [0.25, 0.3) is 5.91 Å². The minimum atomic E-state index is -4.43. The number of pyridine rings is 1. The third-order valence-electron chi connectivity index (χ3n) is 8.76. The first kappa shape index (κ1) is 30.8. The summed E-state index contributed by atoms with van der Waals surface area (Å²) in [5.74, 6) is 0.850. The number of nitrogens with zero attached hydrogens (tertiary/aromatic N) is 4. The molecule has 3 aromatic carbocycles. The van der Waals surface area contributed by atoms with E-state index in [2.05, 4.69) is 33.5 Å². The molecule has 1 N–H and O–H groups in total. The van der Waals surface area contributed by atoms with Crippen LogP contribution in [0, 0.1) is 11.3 Å². The zero-order valence-electron chi connectivity index (χ0n) is 25.4. The van der Waals surface area contributed by atoms with E-state index in [1.807, 2.05) is 43.0 Å². The Kier molecular flexibility index (Phi) is 8.26. The molecule has 0 saturated carbocycles. The van der Waals surface area contributed by atoms with Crippen molar-refractivity contribution >= 4 is 22.8 Å². The van der Waals surface area contributed by atoms with E-state index in [-0.39, 0.29) is 17.2 Å². The third kappa shape index (κ3) is 6.18. The Labute approximate surface area is 264 Å². The zero-order valence-corrected chi connectivity index (χ0v) is 25.4. The molecule has 0 atom stereocenters. The first-order valence-electron chi connectivity index (χ1n) is 15.1. The molecule has 3 heterocycles. The maximum absolute atomic E-state index is 13.3. The van der Waals surface area contributed by atoms with Gasteiger partial charge in [0.2, 0.25) is 5.89 Å². The van der Waals surface area contributed by atoms with E-state index < -0.39 is 11.7 Å². The lowest BCUT2D eigenvalue weighted by Crippen LogP contribution is -2.49. The second-order valence-electron chi connectivity index (χ2n) is 12.0. The molecule has 1 amide bonds. The number of nitrogens with one attached hydrogen (secondary N) is 1. The highest BCUT2D eigenvalue weighted by Crippen LogP contribution is 2.37. The van der Waals surface area contributed by atoms with Crippen molar-refractivity contribution in [2.75, 3.05) is 24.5 Å². The summed E-state index contributed by atoms with van der Waals surface area (Å²) in [6, 6.07) is 25.2. The van der Waals surface area contributed by atoms with E-state index in [4.69, 9.17) is 4.42 Å². The van der Waals surface area contributed by atoms with Crippen LogP contribution >= 0.6 is 0 Å². The number of carbonyl (C=O) groups is 1. The molecule has 1 fully saturated rings. The van der Waals surface area contributed by atoms with Gasteiger partial charge in [-0.15, -0.1) is 0 Å². The van der Waals surface area contributed by atoms with Crippen molar-refractivity contribution in [2.45, 2.75) is 44.2 Å². The smallest absolute Gasteiger partial charge is 0.417 e. The van der Waals surface area contributed by atoms with E-state index in [0.717, 1.165) is 23.4 Å². The minimum Gasteiger partial charge on any atom is -0.436 e. The van der Waals surface area contributed by atoms with Crippen molar-refractivity contribution in [3.05, 3.63) is 113 Å². The van der Waals surface area contributed by atoms with Crippen LogP contribution < -0.4 is 10.2 Å². The largest absolute Gasteiger partial charge is 0.436 e. The van der Waals surface area contributed by atoms with Gasteiger partial charge in [-0.25, -0.2) is 9.97 Å². The predicted molar refractivity (Wildman–Crippen MR) is 169 cm³/mol. The number of alkyl halides is 3. The fraction of sp³-hybridized carbons (Fsp3) is 0.278. The quantitative estimate of drug-likeness (QED) is 0.198. The average Bonchev–Trinajstić information content (AvgIpc) is 3.51. The van der Waals surface area contributed by atoms with Gasteiger partial charge in [0.05, 0.1) is 17.2 Å². The molecule has 234 valence electrons. The number of piperidine rings is 1. The second-order valence-corrected chi connectivity index (χ2v) is 12.0.